The van der Waals surface area contributed by atoms with Gasteiger partial charge in [-0.2, -0.15) is 0 Å². The average molecular weight is 257 g/mol. The molecule has 2 rings (SSSR count). The highest BCUT2D eigenvalue weighted by molar-refractivity contribution is 9.10. The van der Waals surface area contributed by atoms with Crippen LogP contribution in [-0.2, 0) is 0 Å². The fourth-order valence-corrected chi connectivity index (χ4v) is 2.43. The third-order valence-corrected chi connectivity index (χ3v) is 3.48. The summed E-state index contributed by atoms with van der Waals surface area (Å²) in [6.07, 6.45) is 3.05. The normalized spacial score (nSPS) is 27.6. The number of hydrogen-bond donors (Lipinski definition) is 0. The Morgan fingerprint density at radius 1 is 1.14 bits per heavy atom. The van der Waals surface area contributed by atoms with Gasteiger partial charge in [0.15, 0.2) is 0 Å². The first-order valence-electron chi connectivity index (χ1n) is 5.15. The first-order valence-corrected chi connectivity index (χ1v) is 5.94. The molecule has 1 saturated carbocycles. The number of rotatable bonds is 1. The van der Waals surface area contributed by atoms with Crippen LogP contribution in [0.2, 0.25) is 0 Å². The van der Waals surface area contributed by atoms with E-state index in [-0.39, 0.29) is 0 Å². The summed E-state index contributed by atoms with van der Waals surface area (Å²) >= 11 is 3.41. The number of alkyl halides is 1. The van der Waals surface area contributed by atoms with E-state index >= 15 is 0 Å². The van der Waals surface area contributed by atoms with Crippen molar-refractivity contribution < 1.29 is 4.39 Å². The van der Waals surface area contributed by atoms with Gasteiger partial charge in [0.25, 0.3) is 0 Å². The second kappa shape index (κ2) is 4.43. The molecule has 0 bridgehead atoms. The lowest BCUT2D eigenvalue weighted by Gasteiger charge is -2.24. The van der Waals surface area contributed by atoms with E-state index in [1.54, 1.807) is 0 Å². The molecule has 1 aromatic rings. The molecule has 0 saturated heterocycles. The van der Waals surface area contributed by atoms with Gasteiger partial charge in [0.1, 0.15) is 6.17 Å². The van der Waals surface area contributed by atoms with Gasteiger partial charge in [-0.05, 0) is 49.3 Å². The molecular formula is C12H14BrF. The summed E-state index contributed by atoms with van der Waals surface area (Å²) in [6, 6.07) is 8.29. The molecule has 2 heteroatoms. The summed E-state index contributed by atoms with van der Waals surface area (Å²) in [6.45, 7) is 0. The number of benzene rings is 1. The van der Waals surface area contributed by atoms with E-state index in [9.17, 15) is 4.39 Å². The largest absolute Gasteiger partial charge is 0.247 e. The molecule has 14 heavy (non-hydrogen) atoms. The Morgan fingerprint density at radius 2 is 1.86 bits per heavy atom. The summed E-state index contributed by atoms with van der Waals surface area (Å²) in [7, 11) is 0. The van der Waals surface area contributed by atoms with E-state index < -0.39 is 6.17 Å². The molecule has 0 radical (unpaired) electrons. The Kier molecular flexibility index (Phi) is 3.22. The van der Waals surface area contributed by atoms with E-state index in [1.807, 2.05) is 12.1 Å². The summed E-state index contributed by atoms with van der Waals surface area (Å²) in [5, 5.41) is 0. The SMILES string of the molecule is FC1CCCC(c2ccc(Br)cc2)C1. The first kappa shape index (κ1) is 10.2. The number of halogens is 2. The molecule has 2 unspecified atom stereocenters. The molecule has 76 valence electrons. The second-order valence-corrected chi connectivity index (χ2v) is 4.93. The van der Waals surface area contributed by atoms with Crippen LogP contribution in [0.1, 0.15) is 37.2 Å². The van der Waals surface area contributed by atoms with Crippen LogP contribution in [0.3, 0.4) is 0 Å². The molecule has 1 aliphatic carbocycles. The molecule has 1 aromatic carbocycles. The molecule has 2 atom stereocenters. The van der Waals surface area contributed by atoms with Gasteiger partial charge in [-0.1, -0.05) is 28.1 Å². The standard InChI is InChI=1S/C12H14BrF/c13-11-6-4-9(5-7-11)10-2-1-3-12(14)8-10/h4-7,10,12H,1-3,8H2. The Balaban J connectivity index is 2.10. The fourth-order valence-electron chi connectivity index (χ4n) is 2.17. The Labute approximate surface area is 92.6 Å². The summed E-state index contributed by atoms with van der Waals surface area (Å²) in [5.74, 6) is 0.437. The van der Waals surface area contributed by atoms with E-state index in [4.69, 9.17) is 0 Å². The zero-order valence-corrected chi connectivity index (χ0v) is 9.63. The van der Waals surface area contributed by atoms with Crippen LogP contribution in [0.4, 0.5) is 4.39 Å². The first-order chi connectivity index (χ1) is 6.75. The van der Waals surface area contributed by atoms with Gasteiger partial charge in [-0.3, -0.25) is 0 Å². The lowest BCUT2D eigenvalue weighted by atomic mass is 9.83. The maximum absolute atomic E-state index is 13.2. The lowest BCUT2D eigenvalue weighted by Crippen LogP contribution is -2.14. The molecule has 0 aliphatic heterocycles. The van der Waals surface area contributed by atoms with Gasteiger partial charge >= 0.3 is 0 Å². The van der Waals surface area contributed by atoms with E-state index in [1.165, 1.54) is 5.56 Å². The minimum absolute atomic E-state index is 0.437. The van der Waals surface area contributed by atoms with Crippen molar-refractivity contribution in [2.75, 3.05) is 0 Å². The Morgan fingerprint density at radius 3 is 2.50 bits per heavy atom. The average Bonchev–Trinajstić information content (AvgIpc) is 2.19. The van der Waals surface area contributed by atoms with Gasteiger partial charge in [0.05, 0.1) is 0 Å². The molecule has 1 aliphatic rings. The van der Waals surface area contributed by atoms with Crippen LogP contribution in [0.15, 0.2) is 28.7 Å². The molecule has 0 aromatic heterocycles. The predicted molar refractivity (Wildman–Crippen MR) is 60.2 cm³/mol. The number of hydrogen-bond acceptors (Lipinski definition) is 0. The Hall–Kier alpha value is -0.370. The van der Waals surface area contributed by atoms with Crippen LogP contribution in [0, 0.1) is 0 Å². The molecule has 1 fully saturated rings. The minimum atomic E-state index is -0.586. The molecule has 0 nitrogen and oxygen atoms in total. The van der Waals surface area contributed by atoms with Crippen LogP contribution in [0.25, 0.3) is 0 Å². The third kappa shape index (κ3) is 2.35. The summed E-state index contributed by atoms with van der Waals surface area (Å²) in [4.78, 5) is 0. The molecule has 0 N–H and O–H groups in total. The van der Waals surface area contributed by atoms with Crippen molar-refractivity contribution in [3.63, 3.8) is 0 Å². The maximum Gasteiger partial charge on any atom is 0.101 e. The highest BCUT2D eigenvalue weighted by atomic mass is 79.9. The monoisotopic (exact) mass is 256 g/mol. The summed E-state index contributed by atoms with van der Waals surface area (Å²) in [5.41, 5.74) is 1.29. The van der Waals surface area contributed by atoms with Gasteiger partial charge in [0.2, 0.25) is 0 Å². The third-order valence-electron chi connectivity index (χ3n) is 2.95. The zero-order valence-electron chi connectivity index (χ0n) is 8.05. The zero-order chi connectivity index (χ0) is 9.97. The van der Waals surface area contributed by atoms with Gasteiger partial charge < -0.3 is 0 Å². The topological polar surface area (TPSA) is 0 Å². The van der Waals surface area contributed by atoms with Crippen molar-refractivity contribution in [3.05, 3.63) is 34.3 Å². The molecule has 0 amide bonds. The molecular weight excluding hydrogens is 243 g/mol. The van der Waals surface area contributed by atoms with E-state index in [0.29, 0.717) is 12.3 Å². The molecule has 0 spiro atoms. The van der Waals surface area contributed by atoms with Gasteiger partial charge in [0, 0.05) is 4.47 Å². The van der Waals surface area contributed by atoms with Crippen LogP contribution in [0.5, 0.6) is 0 Å². The second-order valence-electron chi connectivity index (χ2n) is 4.01. The van der Waals surface area contributed by atoms with Crippen LogP contribution < -0.4 is 0 Å². The van der Waals surface area contributed by atoms with Crippen LogP contribution >= 0.6 is 15.9 Å². The highest BCUT2D eigenvalue weighted by Crippen LogP contribution is 2.34. The van der Waals surface area contributed by atoms with Crippen molar-refractivity contribution >= 4 is 15.9 Å². The van der Waals surface area contributed by atoms with Crippen molar-refractivity contribution in [2.24, 2.45) is 0 Å². The van der Waals surface area contributed by atoms with Crippen molar-refractivity contribution in [2.45, 2.75) is 37.8 Å². The van der Waals surface area contributed by atoms with E-state index in [2.05, 4.69) is 28.1 Å². The van der Waals surface area contributed by atoms with Crippen molar-refractivity contribution in [1.82, 2.24) is 0 Å². The highest BCUT2D eigenvalue weighted by Gasteiger charge is 2.22. The van der Waals surface area contributed by atoms with Crippen molar-refractivity contribution in [1.29, 1.82) is 0 Å². The summed E-state index contributed by atoms with van der Waals surface area (Å²) < 4.78 is 14.3. The fraction of sp³-hybridized carbons (Fsp3) is 0.500. The molecule has 0 heterocycles. The van der Waals surface area contributed by atoms with Gasteiger partial charge in [-0.15, -0.1) is 0 Å². The quantitative estimate of drug-likeness (QED) is 0.697. The minimum Gasteiger partial charge on any atom is -0.247 e. The van der Waals surface area contributed by atoms with Crippen molar-refractivity contribution in [3.8, 4) is 0 Å². The maximum atomic E-state index is 13.2. The van der Waals surface area contributed by atoms with E-state index in [0.717, 1.165) is 23.7 Å². The lowest BCUT2D eigenvalue weighted by molar-refractivity contribution is 0.231. The smallest absolute Gasteiger partial charge is 0.101 e. The van der Waals surface area contributed by atoms with Gasteiger partial charge in [-0.25, -0.2) is 4.39 Å². The Bertz CT molecular complexity index is 294. The van der Waals surface area contributed by atoms with Crippen LogP contribution in [-0.4, -0.2) is 6.17 Å². The predicted octanol–water partition coefficient (Wildman–Crippen LogP) is 4.44.